The lowest BCUT2D eigenvalue weighted by Gasteiger charge is -2.07. The summed E-state index contributed by atoms with van der Waals surface area (Å²) >= 11 is 0. The molecule has 0 saturated carbocycles. The fourth-order valence-electron chi connectivity index (χ4n) is 1.64. The molecule has 0 atom stereocenters. The summed E-state index contributed by atoms with van der Waals surface area (Å²) in [7, 11) is -3.80. The molecule has 2 rings (SSSR count). The van der Waals surface area contributed by atoms with E-state index in [1.54, 1.807) is 0 Å². The van der Waals surface area contributed by atoms with Crippen molar-refractivity contribution in [2.24, 2.45) is 5.14 Å². The van der Waals surface area contributed by atoms with Gasteiger partial charge in [-0.15, -0.1) is 0 Å². The molecular weight excluding hydrogens is 297 g/mol. The Labute approximate surface area is 120 Å². The van der Waals surface area contributed by atoms with Crippen LogP contribution in [-0.4, -0.2) is 14.3 Å². The summed E-state index contributed by atoms with van der Waals surface area (Å²) in [5, 5.41) is 7.40. The summed E-state index contributed by atoms with van der Waals surface area (Å²) in [5.41, 5.74) is 5.75. The van der Waals surface area contributed by atoms with Crippen LogP contribution in [0.25, 0.3) is 0 Å². The van der Waals surface area contributed by atoms with Gasteiger partial charge < -0.3 is 11.1 Å². The van der Waals surface area contributed by atoms with Crippen molar-refractivity contribution in [3.05, 3.63) is 53.8 Å². The summed E-state index contributed by atoms with van der Waals surface area (Å²) in [5.74, 6) is -1.41. The molecule has 0 aliphatic heterocycles. The molecule has 0 aromatic heterocycles. The highest BCUT2D eigenvalue weighted by Crippen LogP contribution is 2.16. The van der Waals surface area contributed by atoms with Crippen molar-refractivity contribution in [3.8, 4) is 0 Å². The van der Waals surface area contributed by atoms with Crippen LogP contribution in [0.5, 0.6) is 0 Å². The van der Waals surface area contributed by atoms with Crippen LogP contribution in [0.4, 0.5) is 15.8 Å². The zero-order valence-electron chi connectivity index (χ0n) is 10.7. The van der Waals surface area contributed by atoms with Crippen LogP contribution in [0.2, 0.25) is 0 Å². The number of hydrogen-bond donors (Lipinski definition) is 3. The van der Waals surface area contributed by atoms with E-state index in [4.69, 9.17) is 10.9 Å². The molecule has 0 aliphatic carbocycles. The summed E-state index contributed by atoms with van der Waals surface area (Å²) < 4.78 is 35.8. The summed E-state index contributed by atoms with van der Waals surface area (Å²) in [4.78, 5) is 11.8. The van der Waals surface area contributed by atoms with E-state index >= 15 is 0 Å². The van der Waals surface area contributed by atoms with Gasteiger partial charge >= 0.3 is 0 Å². The predicted octanol–water partition coefficient (Wildman–Crippen LogP) is 1.31. The smallest absolute Gasteiger partial charge is 0.258 e. The number of hydrogen-bond acceptors (Lipinski definition) is 4. The number of sulfonamides is 1. The van der Waals surface area contributed by atoms with Crippen molar-refractivity contribution in [3.63, 3.8) is 0 Å². The van der Waals surface area contributed by atoms with Crippen molar-refractivity contribution >= 4 is 27.3 Å². The van der Waals surface area contributed by atoms with Crippen molar-refractivity contribution in [1.82, 2.24) is 0 Å². The van der Waals surface area contributed by atoms with Gasteiger partial charge in [-0.25, -0.2) is 17.9 Å². The van der Waals surface area contributed by atoms with Gasteiger partial charge in [0.05, 0.1) is 10.5 Å². The molecule has 0 fully saturated rings. The average Bonchev–Trinajstić information content (AvgIpc) is 2.38. The van der Waals surface area contributed by atoms with Crippen LogP contribution >= 0.6 is 0 Å². The highest BCUT2D eigenvalue weighted by Gasteiger charge is 2.13. The number of amides is 1. The minimum Gasteiger partial charge on any atom is -0.399 e. The molecule has 2 aromatic carbocycles. The van der Waals surface area contributed by atoms with E-state index in [1.807, 2.05) is 0 Å². The molecule has 2 aromatic rings. The lowest BCUT2D eigenvalue weighted by Crippen LogP contribution is -2.15. The first-order valence-corrected chi connectivity index (χ1v) is 7.31. The van der Waals surface area contributed by atoms with Gasteiger partial charge in [-0.1, -0.05) is 0 Å². The first-order chi connectivity index (χ1) is 9.77. The summed E-state index contributed by atoms with van der Waals surface area (Å²) in [6.07, 6.45) is 0. The van der Waals surface area contributed by atoms with Crippen LogP contribution in [0.3, 0.4) is 0 Å². The second-order valence-corrected chi connectivity index (χ2v) is 5.82. The molecule has 110 valence electrons. The van der Waals surface area contributed by atoms with Crippen LogP contribution in [-0.2, 0) is 10.0 Å². The van der Waals surface area contributed by atoms with E-state index in [2.05, 4.69) is 5.32 Å². The van der Waals surface area contributed by atoms with E-state index in [9.17, 15) is 17.6 Å². The fraction of sp³-hybridized carbons (Fsp3) is 0. The molecule has 0 spiro atoms. The average molecular weight is 309 g/mol. The number of anilines is 2. The fourth-order valence-corrected chi connectivity index (χ4v) is 2.16. The molecule has 0 saturated heterocycles. The Kier molecular flexibility index (Phi) is 3.92. The molecular formula is C13H12FN3O3S. The third kappa shape index (κ3) is 3.56. The standard InChI is InChI=1S/C13H12FN3O3S/c14-12-7-8(15)1-6-11(12)13(18)17-9-2-4-10(5-3-9)21(16,19)20/h1-7H,15H2,(H,17,18)(H2,16,19,20). The first kappa shape index (κ1) is 14.9. The van der Waals surface area contributed by atoms with Gasteiger partial charge in [0.15, 0.2) is 0 Å². The molecule has 0 radical (unpaired) electrons. The third-order valence-corrected chi connectivity index (χ3v) is 3.61. The largest absolute Gasteiger partial charge is 0.399 e. The molecule has 6 nitrogen and oxygen atoms in total. The van der Waals surface area contributed by atoms with Crippen LogP contribution < -0.4 is 16.2 Å². The maximum atomic E-state index is 13.6. The van der Waals surface area contributed by atoms with Gasteiger partial charge in [0.1, 0.15) is 5.82 Å². The zero-order chi connectivity index (χ0) is 15.6. The minimum atomic E-state index is -3.80. The molecule has 8 heteroatoms. The Morgan fingerprint density at radius 2 is 1.71 bits per heavy atom. The number of nitrogens with one attached hydrogen (secondary N) is 1. The summed E-state index contributed by atoms with van der Waals surface area (Å²) in [6, 6.07) is 8.90. The molecule has 0 unspecified atom stereocenters. The van der Waals surface area contributed by atoms with E-state index < -0.39 is 21.7 Å². The van der Waals surface area contributed by atoms with Gasteiger partial charge in [0, 0.05) is 11.4 Å². The number of carbonyl (C=O) groups excluding carboxylic acids is 1. The summed E-state index contributed by atoms with van der Waals surface area (Å²) in [6.45, 7) is 0. The number of benzene rings is 2. The predicted molar refractivity (Wildman–Crippen MR) is 76.6 cm³/mol. The third-order valence-electron chi connectivity index (χ3n) is 2.68. The van der Waals surface area contributed by atoms with Crippen molar-refractivity contribution in [1.29, 1.82) is 0 Å². The molecule has 0 heterocycles. The number of carbonyl (C=O) groups is 1. The molecule has 0 bridgehead atoms. The quantitative estimate of drug-likeness (QED) is 0.741. The topological polar surface area (TPSA) is 115 Å². The van der Waals surface area contributed by atoms with Gasteiger partial charge in [0.25, 0.3) is 5.91 Å². The van der Waals surface area contributed by atoms with Crippen molar-refractivity contribution in [2.45, 2.75) is 4.90 Å². The molecule has 0 aliphatic rings. The highest BCUT2D eigenvalue weighted by atomic mass is 32.2. The Morgan fingerprint density at radius 1 is 1.10 bits per heavy atom. The number of nitrogens with two attached hydrogens (primary N) is 2. The Balaban J connectivity index is 2.20. The van der Waals surface area contributed by atoms with Gasteiger partial charge in [-0.05, 0) is 42.5 Å². The first-order valence-electron chi connectivity index (χ1n) is 5.76. The monoisotopic (exact) mass is 309 g/mol. The van der Waals surface area contributed by atoms with Gasteiger partial charge in [-0.2, -0.15) is 0 Å². The molecule has 21 heavy (non-hydrogen) atoms. The minimum absolute atomic E-state index is 0.0841. The van der Waals surface area contributed by atoms with Crippen LogP contribution in [0, 0.1) is 5.82 Å². The zero-order valence-corrected chi connectivity index (χ0v) is 11.5. The van der Waals surface area contributed by atoms with Gasteiger partial charge in [0.2, 0.25) is 10.0 Å². The van der Waals surface area contributed by atoms with Crippen LogP contribution in [0.1, 0.15) is 10.4 Å². The lowest BCUT2D eigenvalue weighted by atomic mass is 10.1. The van der Waals surface area contributed by atoms with Gasteiger partial charge in [-0.3, -0.25) is 4.79 Å². The maximum Gasteiger partial charge on any atom is 0.258 e. The Bertz CT molecular complexity index is 789. The Morgan fingerprint density at radius 3 is 2.24 bits per heavy atom. The van der Waals surface area contributed by atoms with Crippen molar-refractivity contribution in [2.75, 3.05) is 11.1 Å². The maximum absolute atomic E-state index is 13.6. The Hall–Kier alpha value is -2.45. The van der Waals surface area contributed by atoms with E-state index in [0.29, 0.717) is 5.69 Å². The number of rotatable bonds is 3. The lowest BCUT2D eigenvalue weighted by molar-refractivity contribution is 0.102. The van der Waals surface area contributed by atoms with Crippen molar-refractivity contribution < 1.29 is 17.6 Å². The molecule has 1 amide bonds. The van der Waals surface area contributed by atoms with Crippen LogP contribution in [0.15, 0.2) is 47.4 Å². The SMILES string of the molecule is Nc1ccc(C(=O)Nc2ccc(S(N)(=O)=O)cc2)c(F)c1. The highest BCUT2D eigenvalue weighted by molar-refractivity contribution is 7.89. The number of primary sulfonamides is 1. The van der Waals surface area contributed by atoms with E-state index in [0.717, 1.165) is 6.07 Å². The molecule has 5 N–H and O–H groups in total. The number of halogens is 1. The second kappa shape index (κ2) is 5.51. The van der Waals surface area contributed by atoms with E-state index in [1.165, 1.54) is 36.4 Å². The van der Waals surface area contributed by atoms with E-state index in [-0.39, 0.29) is 16.1 Å². The normalized spacial score (nSPS) is 11.1. The second-order valence-electron chi connectivity index (χ2n) is 4.26. The number of nitrogen functional groups attached to an aromatic ring is 1.